The Kier molecular flexibility index (Phi) is 2.20. The topological polar surface area (TPSA) is 56.0 Å². The molecule has 2 saturated carbocycles. The van der Waals surface area contributed by atoms with Crippen LogP contribution in [0.3, 0.4) is 0 Å². The van der Waals surface area contributed by atoms with E-state index in [0.29, 0.717) is 17.2 Å². The number of nitrogen functional groups attached to an aromatic ring is 1. The number of nitrogens with two attached hydrogens (primary N) is 1. The lowest BCUT2D eigenvalue weighted by Gasteiger charge is -2.20. The molecule has 0 amide bonds. The highest BCUT2D eigenvalue weighted by Gasteiger charge is 2.43. The average molecular weight is 216 g/mol. The number of ketones is 1. The van der Waals surface area contributed by atoms with Crippen LogP contribution >= 0.6 is 0 Å². The van der Waals surface area contributed by atoms with E-state index in [1.807, 2.05) is 0 Å². The van der Waals surface area contributed by atoms with Crippen LogP contribution in [-0.2, 0) is 0 Å². The van der Waals surface area contributed by atoms with Crippen molar-refractivity contribution in [2.24, 2.45) is 17.8 Å². The summed E-state index contributed by atoms with van der Waals surface area (Å²) in [6, 6.07) is 1.71. The number of carbonyl (C=O) groups is 1. The van der Waals surface area contributed by atoms with Crippen LogP contribution < -0.4 is 5.73 Å². The van der Waals surface area contributed by atoms with E-state index in [2.05, 4.69) is 4.98 Å². The first-order valence-electron chi connectivity index (χ1n) is 5.99. The summed E-state index contributed by atoms with van der Waals surface area (Å²) in [5.74, 6) is 1.83. The van der Waals surface area contributed by atoms with Crippen LogP contribution in [0.15, 0.2) is 18.5 Å². The van der Waals surface area contributed by atoms with Crippen LogP contribution in [0.25, 0.3) is 0 Å². The maximum atomic E-state index is 12.3. The standard InChI is InChI=1S/C13H16N2O/c14-12-3-4-15-7-11(12)13(16)10-6-8-1-2-9(10)5-8/h3-4,7-10H,1-2,5-6H2,(H2,14,15). The van der Waals surface area contributed by atoms with Gasteiger partial charge >= 0.3 is 0 Å². The summed E-state index contributed by atoms with van der Waals surface area (Å²) in [6.07, 6.45) is 8.10. The molecule has 3 rings (SSSR count). The monoisotopic (exact) mass is 216 g/mol. The summed E-state index contributed by atoms with van der Waals surface area (Å²) in [4.78, 5) is 16.3. The predicted molar refractivity (Wildman–Crippen MR) is 61.9 cm³/mol. The minimum Gasteiger partial charge on any atom is -0.398 e. The van der Waals surface area contributed by atoms with Crippen LogP contribution in [0.5, 0.6) is 0 Å². The highest BCUT2D eigenvalue weighted by atomic mass is 16.1. The van der Waals surface area contributed by atoms with E-state index in [0.717, 1.165) is 12.3 Å². The predicted octanol–water partition coefficient (Wildman–Crippen LogP) is 2.28. The van der Waals surface area contributed by atoms with Gasteiger partial charge in [0.05, 0.1) is 5.56 Å². The summed E-state index contributed by atoms with van der Waals surface area (Å²) in [6.45, 7) is 0. The Morgan fingerprint density at radius 3 is 2.88 bits per heavy atom. The van der Waals surface area contributed by atoms with Gasteiger partial charge in [-0.25, -0.2) is 0 Å². The summed E-state index contributed by atoms with van der Waals surface area (Å²) < 4.78 is 0. The zero-order chi connectivity index (χ0) is 11.1. The third-order valence-electron chi connectivity index (χ3n) is 4.20. The Balaban J connectivity index is 1.86. The third-order valence-corrected chi connectivity index (χ3v) is 4.20. The van der Waals surface area contributed by atoms with E-state index < -0.39 is 0 Å². The van der Waals surface area contributed by atoms with Crippen molar-refractivity contribution in [1.82, 2.24) is 4.98 Å². The van der Waals surface area contributed by atoms with E-state index in [-0.39, 0.29) is 11.7 Å². The highest BCUT2D eigenvalue weighted by molar-refractivity contribution is 6.02. The lowest BCUT2D eigenvalue weighted by Crippen LogP contribution is -2.22. The minimum atomic E-state index is 0.213. The molecule has 2 aliphatic carbocycles. The van der Waals surface area contributed by atoms with Crippen molar-refractivity contribution in [2.75, 3.05) is 5.73 Å². The summed E-state index contributed by atoms with van der Waals surface area (Å²) in [7, 11) is 0. The minimum absolute atomic E-state index is 0.213. The zero-order valence-electron chi connectivity index (χ0n) is 9.23. The number of fused-ring (bicyclic) bond motifs is 2. The molecule has 1 aromatic rings. The van der Waals surface area contributed by atoms with Crippen molar-refractivity contribution in [1.29, 1.82) is 0 Å². The molecule has 0 spiro atoms. The zero-order valence-corrected chi connectivity index (χ0v) is 9.23. The van der Waals surface area contributed by atoms with E-state index >= 15 is 0 Å². The Labute approximate surface area is 95.1 Å². The van der Waals surface area contributed by atoms with E-state index in [4.69, 9.17) is 5.73 Å². The number of nitrogens with zero attached hydrogens (tertiary/aromatic N) is 1. The van der Waals surface area contributed by atoms with Crippen molar-refractivity contribution >= 4 is 11.5 Å². The molecule has 0 aliphatic heterocycles. The van der Waals surface area contributed by atoms with E-state index in [1.54, 1.807) is 18.5 Å². The van der Waals surface area contributed by atoms with Gasteiger partial charge in [0, 0.05) is 24.0 Å². The second kappa shape index (κ2) is 3.58. The number of hydrogen-bond acceptors (Lipinski definition) is 3. The van der Waals surface area contributed by atoms with Crippen molar-refractivity contribution in [2.45, 2.75) is 25.7 Å². The number of Topliss-reactive ketones (excluding diaryl/α,β-unsaturated/α-hetero) is 1. The van der Waals surface area contributed by atoms with E-state index in [1.165, 1.54) is 19.3 Å². The van der Waals surface area contributed by atoms with Gasteiger partial charge in [0.1, 0.15) is 0 Å². The molecule has 16 heavy (non-hydrogen) atoms. The molecule has 3 atom stereocenters. The molecular weight excluding hydrogens is 200 g/mol. The molecule has 2 aliphatic rings. The molecule has 0 saturated heterocycles. The Hall–Kier alpha value is -1.38. The lowest BCUT2D eigenvalue weighted by atomic mass is 9.83. The molecule has 2 N–H and O–H groups in total. The van der Waals surface area contributed by atoms with Gasteiger partial charge in [0.15, 0.2) is 5.78 Å². The van der Waals surface area contributed by atoms with Crippen molar-refractivity contribution < 1.29 is 4.79 Å². The molecular formula is C13H16N2O. The van der Waals surface area contributed by atoms with Gasteiger partial charge in [0.25, 0.3) is 0 Å². The van der Waals surface area contributed by atoms with Crippen LogP contribution in [0.2, 0.25) is 0 Å². The number of hydrogen-bond donors (Lipinski definition) is 1. The molecule has 1 aromatic heterocycles. The molecule has 0 aromatic carbocycles. The summed E-state index contributed by atoms with van der Waals surface area (Å²) in [5.41, 5.74) is 7.02. The van der Waals surface area contributed by atoms with Gasteiger partial charge in [-0.3, -0.25) is 9.78 Å². The first-order valence-corrected chi connectivity index (χ1v) is 5.99. The highest BCUT2D eigenvalue weighted by Crippen LogP contribution is 2.49. The average Bonchev–Trinajstić information content (AvgIpc) is 2.90. The van der Waals surface area contributed by atoms with Gasteiger partial charge < -0.3 is 5.73 Å². The SMILES string of the molecule is Nc1ccncc1C(=O)C1CC2CCC1C2. The number of aromatic nitrogens is 1. The maximum Gasteiger partial charge on any atom is 0.169 e. The Morgan fingerprint density at radius 1 is 1.38 bits per heavy atom. The van der Waals surface area contributed by atoms with Gasteiger partial charge in [-0.05, 0) is 37.2 Å². The van der Waals surface area contributed by atoms with Crippen LogP contribution in [0.4, 0.5) is 5.69 Å². The van der Waals surface area contributed by atoms with Gasteiger partial charge in [-0.1, -0.05) is 6.42 Å². The summed E-state index contributed by atoms with van der Waals surface area (Å²) >= 11 is 0. The van der Waals surface area contributed by atoms with Crippen molar-refractivity contribution in [3.8, 4) is 0 Å². The number of anilines is 1. The number of rotatable bonds is 2. The second-order valence-electron chi connectivity index (χ2n) is 5.11. The fourth-order valence-corrected chi connectivity index (χ4v) is 3.38. The lowest BCUT2D eigenvalue weighted by molar-refractivity contribution is 0.0875. The van der Waals surface area contributed by atoms with Crippen LogP contribution in [0.1, 0.15) is 36.0 Å². The van der Waals surface area contributed by atoms with Crippen LogP contribution in [-0.4, -0.2) is 10.8 Å². The van der Waals surface area contributed by atoms with Crippen molar-refractivity contribution in [3.63, 3.8) is 0 Å². The van der Waals surface area contributed by atoms with Gasteiger partial charge in [0.2, 0.25) is 0 Å². The molecule has 3 heteroatoms. The number of pyridine rings is 1. The third kappa shape index (κ3) is 1.42. The smallest absolute Gasteiger partial charge is 0.169 e. The first-order chi connectivity index (χ1) is 7.75. The first kappa shape index (κ1) is 9.82. The van der Waals surface area contributed by atoms with Crippen molar-refractivity contribution in [3.05, 3.63) is 24.0 Å². The molecule has 3 unspecified atom stereocenters. The molecule has 2 fully saturated rings. The second-order valence-corrected chi connectivity index (χ2v) is 5.11. The molecule has 0 radical (unpaired) electrons. The Morgan fingerprint density at radius 2 is 2.25 bits per heavy atom. The fourth-order valence-electron chi connectivity index (χ4n) is 3.38. The molecule has 84 valence electrons. The fraction of sp³-hybridized carbons (Fsp3) is 0.538. The molecule has 2 bridgehead atoms. The normalized spacial score (nSPS) is 31.9. The molecule has 1 heterocycles. The van der Waals surface area contributed by atoms with Gasteiger partial charge in [-0.2, -0.15) is 0 Å². The van der Waals surface area contributed by atoms with Crippen LogP contribution in [0, 0.1) is 17.8 Å². The van der Waals surface area contributed by atoms with Gasteiger partial charge in [-0.15, -0.1) is 0 Å². The molecule has 3 nitrogen and oxygen atoms in total. The largest absolute Gasteiger partial charge is 0.398 e. The number of carbonyl (C=O) groups excluding carboxylic acids is 1. The maximum absolute atomic E-state index is 12.3. The quantitative estimate of drug-likeness (QED) is 0.771. The Bertz CT molecular complexity index is 430. The van der Waals surface area contributed by atoms with E-state index in [9.17, 15) is 4.79 Å². The summed E-state index contributed by atoms with van der Waals surface area (Å²) in [5, 5.41) is 0.